The molecule has 0 atom stereocenters. The molecule has 0 N–H and O–H groups in total. The highest BCUT2D eigenvalue weighted by molar-refractivity contribution is 5.92. The van der Waals surface area contributed by atoms with E-state index in [0.717, 1.165) is 30.6 Å². The van der Waals surface area contributed by atoms with Crippen LogP contribution >= 0.6 is 0 Å². The summed E-state index contributed by atoms with van der Waals surface area (Å²) in [5.41, 5.74) is 1.92. The monoisotopic (exact) mass is 275 g/mol. The Morgan fingerprint density at radius 3 is 2.60 bits per heavy atom. The molecule has 0 saturated carbocycles. The summed E-state index contributed by atoms with van der Waals surface area (Å²) in [6, 6.07) is 7.79. The molecular weight excluding hydrogens is 254 g/mol. The highest BCUT2D eigenvalue weighted by atomic mass is 16.5. The van der Waals surface area contributed by atoms with Crippen LogP contribution in [0.5, 0.6) is 0 Å². The van der Waals surface area contributed by atoms with E-state index in [0.29, 0.717) is 6.61 Å². The van der Waals surface area contributed by atoms with Crippen LogP contribution in [0.25, 0.3) is 11.0 Å². The Morgan fingerprint density at radius 2 is 1.95 bits per heavy atom. The fourth-order valence-electron chi connectivity index (χ4n) is 2.18. The lowest BCUT2D eigenvalue weighted by Crippen LogP contribution is -2.21. The quantitative estimate of drug-likeness (QED) is 0.757. The van der Waals surface area contributed by atoms with E-state index >= 15 is 0 Å². The number of nitrogens with zero attached hydrogens (tertiary/aromatic N) is 1. The van der Waals surface area contributed by atoms with E-state index in [1.165, 1.54) is 5.56 Å². The Balaban J connectivity index is 2.23. The summed E-state index contributed by atoms with van der Waals surface area (Å²) in [5.74, 6) is -0.143. The van der Waals surface area contributed by atoms with Crippen molar-refractivity contribution in [2.24, 2.45) is 0 Å². The van der Waals surface area contributed by atoms with Crippen LogP contribution < -0.4 is 0 Å². The van der Waals surface area contributed by atoms with Crippen LogP contribution in [0.2, 0.25) is 0 Å². The van der Waals surface area contributed by atoms with Gasteiger partial charge in [-0.15, -0.1) is 0 Å². The zero-order valence-corrected chi connectivity index (χ0v) is 12.3. The Hall–Kier alpha value is -1.81. The number of hydrogen-bond acceptors (Lipinski definition) is 4. The lowest BCUT2D eigenvalue weighted by atomic mass is 10.1. The first-order valence-electron chi connectivity index (χ1n) is 7.09. The number of benzene rings is 1. The van der Waals surface area contributed by atoms with Gasteiger partial charge in [-0.3, -0.25) is 4.90 Å². The van der Waals surface area contributed by atoms with Crippen LogP contribution in [0.1, 0.15) is 36.9 Å². The Bertz CT molecular complexity index is 584. The summed E-state index contributed by atoms with van der Waals surface area (Å²) in [5, 5.41) is 0.927. The van der Waals surface area contributed by atoms with Crippen molar-refractivity contribution in [1.29, 1.82) is 0 Å². The minimum Gasteiger partial charge on any atom is -0.460 e. The number of carbonyl (C=O) groups is 1. The van der Waals surface area contributed by atoms with Crippen molar-refractivity contribution in [3.05, 3.63) is 35.6 Å². The normalized spacial score (nSPS) is 11.2. The van der Waals surface area contributed by atoms with Crippen molar-refractivity contribution in [2.45, 2.75) is 27.3 Å². The lowest BCUT2D eigenvalue weighted by Gasteiger charge is -2.17. The van der Waals surface area contributed by atoms with Crippen molar-refractivity contribution in [1.82, 2.24) is 4.90 Å². The molecule has 0 amide bonds. The van der Waals surface area contributed by atoms with E-state index in [4.69, 9.17) is 9.15 Å². The summed E-state index contributed by atoms with van der Waals surface area (Å²) in [4.78, 5) is 14.0. The molecule has 1 aromatic carbocycles. The van der Waals surface area contributed by atoms with E-state index in [2.05, 4.69) is 24.8 Å². The smallest absolute Gasteiger partial charge is 0.374 e. The van der Waals surface area contributed by atoms with E-state index in [1.807, 2.05) is 12.1 Å². The molecule has 0 aliphatic carbocycles. The van der Waals surface area contributed by atoms with Crippen molar-refractivity contribution in [3.63, 3.8) is 0 Å². The van der Waals surface area contributed by atoms with Gasteiger partial charge in [0.25, 0.3) is 0 Å². The highest BCUT2D eigenvalue weighted by Gasteiger charge is 2.13. The van der Waals surface area contributed by atoms with Crippen molar-refractivity contribution in [2.75, 3.05) is 19.7 Å². The van der Waals surface area contributed by atoms with E-state index in [1.54, 1.807) is 13.0 Å². The van der Waals surface area contributed by atoms with Gasteiger partial charge in [-0.05, 0) is 37.7 Å². The van der Waals surface area contributed by atoms with Crippen molar-refractivity contribution < 1.29 is 13.9 Å². The molecule has 0 aliphatic rings. The summed E-state index contributed by atoms with van der Waals surface area (Å²) in [7, 11) is 0. The van der Waals surface area contributed by atoms with Gasteiger partial charge < -0.3 is 9.15 Å². The molecular formula is C16H21NO3. The fraction of sp³-hybridized carbons (Fsp3) is 0.438. The van der Waals surface area contributed by atoms with Gasteiger partial charge in [0.1, 0.15) is 5.58 Å². The molecule has 0 saturated heterocycles. The standard InChI is InChI=1S/C16H21NO3/c1-4-17(5-2)11-12-7-8-13-10-15(16(18)19-6-3)20-14(13)9-12/h7-10H,4-6,11H2,1-3H3. The van der Waals surface area contributed by atoms with Gasteiger partial charge in [0.05, 0.1) is 6.61 Å². The lowest BCUT2D eigenvalue weighted by molar-refractivity contribution is 0.0492. The van der Waals surface area contributed by atoms with Gasteiger partial charge in [0, 0.05) is 11.9 Å². The van der Waals surface area contributed by atoms with Gasteiger partial charge in [-0.25, -0.2) is 4.79 Å². The van der Waals surface area contributed by atoms with Gasteiger partial charge in [0.2, 0.25) is 5.76 Å². The summed E-state index contributed by atoms with van der Waals surface area (Å²) < 4.78 is 10.5. The number of fused-ring (bicyclic) bond motifs is 1. The first kappa shape index (κ1) is 14.6. The first-order chi connectivity index (χ1) is 9.67. The van der Waals surface area contributed by atoms with E-state index in [9.17, 15) is 4.79 Å². The second-order valence-corrected chi connectivity index (χ2v) is 4.66. The number of carbonyl (C=O) groups excluding carboxylic acids is 1. The third-order valence-electron chi connectivity index (χ3n) is 3.36. The molecule has 0 unspecified atom stereocenters. The average Bonchev–Trinajstić information content (AvgIpc) is 2.88. The molecule has 0 bridgehead atoms. The summed E-state index contributed by atoms with van der Waals surface area (Å²) >= 11 is 0. The minimum atomic E-state index is -0.408. The molecule has 0 fully saturated rings. The number of hydrogen-bond donors (Lipinski definition) is 0. The number of furan rings is 1. The molecule has 1 heterocycles. The second kappa shape index (κ2) is 6.57. The topological polar surface area (TPSA) is 42.7 Å². The molecule has 2 rings (SSSR count). The van der Waals surface area contributed by atoms with Crippen LogP contribution in [0, 0.1) is 0 Å². The Morgan fingerprint density at radius 1 is 1.20 bits per heavy atom. The Labute approximate surface area is 119 Å². The fourth-order valence-corrected chi connectivity index (χ4v) is 2.18. The second-order valence-electron chi connectivity index (χ2n) is 4.66. The average molecular weight is 275 g/mol. The predicted molar refractivity (Wildman–Crippen MR) is 78.8 cm³/mol. The van der Waals surface area contributed by atoms with Gasteiger partial charge in [-0.1, -0.05) is 26.0 Å². The predicted octanol–water partition coefficient (Wildman–Crippen LogP) is 3.45. The first-order valence-corrected chi connectivity index (χ1v) is 7.09. The van der Waals surface area contributed by atoms with Gasteiger partial charge in [0.15, 0.2) is 0 Å². The molecule has 1 aromatic heterocycles. The molecule has 20 heavy (non-hydrogen) atoms. The molecule has 2 aromatic rings. The molecule has 0 aliphatic heterocycles. The summed E-state index contributed by atoms with van der Waals surface area (Å²) in [6.07, 6.45) is 0. The van der Waals surface area contributed by atoms with Gasteiger partial charge in [-0.2, -0.15) is 0 Å². The van der Waals surface area contributed by atoms with Crippen LogP contribution in [-0.4, -0.2) is 30.6 Å². The molecule has 108 valence electrons. The van der Waals surface area contributed by atoms with Crippen LogP contribution in [0.3, 0.4) is 0 Å². The maximum atomic E-state index is 11.6. The van der Waals surface area contributed by atoms with E-state index < -0.39 is 5.97 Å². The largest absolute Gasteiger partial charge is 0.460 e. The number of ether oxygens (including phenoxy) is 1. The van der Waals surface area contributed by atoms with Crippen molar-refractivity contribution in [3.8, 4) is 0 Å². The van der Waals surface area contributed by atoms with Crippen molar-refractivity contribution >= 4 is 16.9 Å². The maximum Gasteiger partial charge on any atom is 0.374 e. The molecule has 0 spiro atoms. The Kier molecular flexibility index (Phi) is 4.79. The molecule has 4 heteroatoms. The van der Waals surface area contributed by atoms with Crippen LogP contribution in [-0.2, 0) is 11.3 Å². The third-order valence-corrected chi connectivity index (χ3v) is 3.36. The number of rotatable bonds is 6. The van der Waals surface area contributed by atoms with E-state index in [-0.39, 0.29) is 5.76 Å². The molecule has 4 nitrogen and oxygen atoms in total. The zero-order chi connectivity index (χ0) is 14.5. The highest BCUT2D eigenvalue weighted by Crippen LogP contribution is 2.22. The van der Waals surface area contributed by atoms with Crippen LogP contribution in [0.4, 0.5) is 0 Å². The number of esters is 1. The van der Waals surface area contributed by atoms with Crippen LogP contribution in [0.15, 0.2) is 28.7 Å². The maximum absolute atomic E-state index is 11.6. The third kappa shape index (κ3) is 3.20. The zero-order valence-electron chi connectivity index (χ0n) is 12.3. The van der Waals surface area contributed by atoms with Gasteiger partial charge >= 0.3 is 5.97 Å². The summed E-state index contributed by atoms with van der Waals surface area (Å²) in [6.45, 7) is 9.34. The SMILES string of the molecule is CCOC(=O)c1cc2ccc(CN(CC)CC)cc2o1. The minimum absolute atomic E-state index is 0.266. The molecule has 0 radical (unpaired) electrons.